The minimum absolute atomic E-state index is 0.598. The number of aromatic nitrogens is 1. The first-order valence-corrected chi connectivity index (χ1v) is 6.28. The van der Waals surface area contributed by atoms with E-state index < -0.39 is 5.60 Å². The van der Waals surface area contributed by atoms with Crippen LogP contribution >= 0.6 is 0 Å². The van der Waals surface area contributed by atoms with E-state index in [1.165, 1.54) is 0 Å². The second kappa shape index (κ2) is 3.81. The second-order valence-corrected chi connectivity index (χ2v) is 5.10. The van der Waals surface area contributed by atoms with E-state index in [0.29, 0.717) is 0 Å². The van der Waals surface area contributed by atoms with Crippen LogP contribution in [0.15, 0.2) is 30.3 Å². The molecule has 2 heteroatoms. The third kappa shape index (κ3) is 1.83. The number of pyridine rings is 1. The summed E-state index contributed by atoms with van der Waals surface area (Å²) in [5.41, 5.74) is 2.49. The Labute approximate surface area is 101 Å². The fourth-order valence-electron chi connectivity index (χ4n) is 2.77. The molecule has 1 saturated carbocycles. The molecule has 0 bridgehead atoms. The summed E-state index contributed by atoms with van der Waals surface area (Å²) in [7, 11) is 0. The van der Waals surface area contributed by atoms with Gasteiger partial charge in [0.25, 0.3) is 0 Å². The lowest BCUT2D eigenvalue weighted by Gasteiger charge is -2.22. The van der Waals surface area contributed by atoms with Crippen LogP contribution in [0.5, 0.6) is 0 Å². The Morgan fingerprint density at radius 1 is 1.12 bits per heavy atom. The van der Waals surface area contributed by atoms with E-state index in [4.69, 9.17) is 0 Å². The fourth-order valence-corrected chi connectivity index (χ4v) is 2.77. The molecule has 0 amide bonds. The zero-order valence-electron chi connectivity index (χ0n) is 10.1. The molecule has 3 rings (SSSR count). The van der Waals surface area contributed by atoms with Crippen molar-refractivity contribution in [3.05, 3.63) is 41.6 Å². The zero-order valence-corrected chi connectivity index (χ0v) is 10.1. The van der Waals surface area contributed by atoms with Gasteiger partial charge < -0.3 is 5.11 Å². The summed E-state index contributed by atoms with van der Waals surface area (Å²) in [6, 6.07) is 10.2. The Balaban J connectivity index is 2.10. The van der Waals surface area contributed by atoms with E-state index in [9.17, 15) is 5.11 Å². The average Bonchev–Trinajstić information content (AvgIpc) is 2.77. The van der Waals surface area contributed by atoms with Gasteiger partial charge in [0.05, 0.1) is 11.1 Å². The van der Waals surface area contributed by atoms with Crippen LogP contribution in [0.25, 0.3) is 10.9 Å². The van der Waals surface area contributed by atoms with Crippen molar-refractivity contribution in [1.82, 2.24) is 4.98 Å². The van der Waals surface area contributed by atoms with Gasteiger partial charge in [-0.2, -0.15) is 0 Å². The van der Waals surface area contributed by atoms with E-state index in [2.05, 4.69) is 17.1 Å². The number of nitrogens with zero attached hydrogens (tertiary/aromatic N) is 1. The quantitative estimate of drug-likeness (QED) is 0.810. The van der Waals surface area contributed by atoms with Gasteiger partial charge in [-0.25, -0.2) is 0 Å². The van der Waals surface area contributed by atoms with Crippen LogP contribution in [0.1, 0.15) is 36.9 Å². The van der Waals surface area contributed by atoms with Gasteiger partial charge in [0.2, 0.25) is 0 Å². The Morgan fingerprint density at radius 2 is 1.88 bits per heavy atom. The molecular formula is C15H17NO. The number of hydrogen-bond donors (Lipinski definition) is 1. The van der Waals surface area contributed by atoms with Crippen molar-refractivity contribution >= 4 is 10.9 Å². The molecule has 1 fully saturated rings. The maximum atomic E-state index is 10.6. The minimum Gasteiger partial charge on any atom is -0.385 e. The summed E-state index contributed by atoms with van der Waals surface area (Å²) in [5, 5.41) is 11.7. The number of rotatable bonds is 1. The number of hydrogen-bond acceptors (Lipinski definition) is 2. The molecular weight excluding hydrogens is 210 g/mol. The number of benzene rings is 1. The molecule has 1 N–H and O–H groups in total. The predicted molar refractivity (Wildman–Crippen MR) is 68.8 cm³/mol. The molecule has 0 radical (unpaired) electrons. The molecule has 1 aromatic carbocycles. The number of aryl methyl sites for hydroxylation is 1. The third-order valence-electron chi connectivity index (χ3n) is 3.80. The van der Waals surface area contributed by atoms with Crippen molar-refractivity contribution in [3.8, 4) is 0 Å². The van der Waals surface area contributed by atoms with Gasteiger partial charge in [-0.3, -0.25) is 4.98 Å². The van der Waals surface area contributed by atoms with Crippen LogP contribution < -0.4 is 0 Å². The van der Waals surface area contributed by atoms with Gasteiger partial charge in [0, 0.05) is 11.1 Å². The molecule has 0 atom stereocenters. The highest BCUT2D eigenvalue weighted by Gasteiger charge is 2.32. The number of aliphatic hydroxyl groups is 1. The molecule has 1 heterocycles. The summed E-state index contributed by atoms with van der Waals surface area (Å²) in [5.74, 6) is 0. The summed E-state index contributed by atoms with van der Waals surface area (Å²) >= 11 is 0. The highest BCUT2D eigenvalue weighted by atomic mass is 16.3. The summed E-state index contributed by atoms with van der Waals surface area (Å²) in [6.07, 6.45) is 4.02. The molecule has 0 spiro atoms. The van der Waals surface area contributed by atoms with E-state index in [1.807, 2.05) is 25.1 Å². The van der Waals surface area contributed by atoms with Gasteiger partial charge in [0.1, 0.15) is 0 Å². The maximum absolute atomic E-state index is 10.6. The third-order valence-corrected chi connectivity index (χ3v) is 3.80. The standard InChI is InChI=1S/C15H17NO/c1-11-4-5-12-10-13(6-7-14(12)16-11)15(17)8-2-3-9-15/h4-7,10,17H,2-3,8-9H2,1H3. The van der Waals surface area contributed by atoms with Gasteiger partial charge >= 0.3 is 0 Å². The summed E-state index contributed by atoms with van der Waals surface area (Å²) in [6.45, 7) is 2.00. The molecule has 88 valence electrons. The van der Waals surface area contributed by atoms with Crippen LogP contribution in [-0.4, -0.2) is 10.1 Å². The molecule has 0 saturated heterocycles. The van der Waals surface area contributed by atoms with E-state index >= 15 is 0 Å². The topological polar surface area (TPSA) is 33.1 Å². The SMILES string of the molecule is Cc1ccc2cc(C3(O)CCCC3)ccc2n1. The maximum Gasteiger partial charge on any atom is 0.0896 e. The minimum atomic E-state index is -0.598. The van der Waals surface area contributed by atoms with Crippen LogP contribution in [0.2, 0.25) is 0 Å². The van der Waals surface area contributed by atoms with Crippen LogP contribution in [0.4, 0.5) is 0 Å². The normalized spacial score (nSPS) is 18.7. The van der Waals surface area contributed by atoms with Crippen LogP contribution in [0, 0.1) is 6.92 Å². The highest BCUT2D eigenvalue weighted by Crippen LogP contribution is 2.39. The molecule has 0 unspecified atom stereocenters. The van der Waals surface area contributed by atoms with Gasteiger partial charge in [-0.05, 0) is 43.5 Å². The second-order valence-electron chi connectivity index (χ2n) is 5.10. The van der Waals surface area contributed by atoms with Crippen molar-refractivity contribution in [2.24, 2.45) is 0 Å². The number of fused-ring (bicyclic) bond motifs is 1. The van der Waals surface area contributed by atoms with E-state index in [0.717, 1.165) is 47.8 Å². The van der Waals surface area contributed by atoms with Crippen LogP contribution in [-0.2, 0) is 5.60 Å². The molecule has 17 heavy (non-hydrogen) atoms. The summed E-state index contributed by atoms with van der Waals surface area (Å²) in [4.78, 5) is 4.48. The van der Waals surface area contributed by atoms with Crippen molar-refractivity contribution in [3.63, 3.8) is 0 Å². The van der Waals surface area contributed by atoms with Gasteiger partial charge in [0.15, 0.2) is 0 Å². The van der Waals surface area contributed by atoms with E-state index in [-0.39, 0.29) is 0 Å². The largest absolute Gasteiger partial charge is 0.385 e. The van der Waals surface area contributed by atoms with Crippen molar-refractivity contribution in [2.45, 2.75) is 38.2 Å². The first-order valence-electron chi connectivity index (χ1n) is 6.28. The lowest BCUT2D eigenvalue weighted by atomic mass is 9.91. The molecule has 2 aromatic rings. The first-order chi connectivity index (χ1) is 8.17. The monoisotopic (exact) mass is 227 g/mol. The van der Waals surface area contributed by atoms with Gasteiger partial charge in [-0.15, -0.1) is 0 Å². The van der Waals surface area contributed by atoms with Crippen molar-refractivity contribution in [1.29, 1.82) is 0 Å². The fraction of sp³-hybridized carbons (Fsp3) is 0.400. The lowest BCUT2D eigenvalue weighted by molar-refractivity contribution is 0.0446. The van der Waals surface area contributed by atoms with Crippen LogP contribution in [0.3, 0.4) is 0 Å². The zero-order chi connectivity index (χ0) is 11.9. The Hall–Kier alpha value is -1.41. The smallest absolute Gasteiger partial charge is 0.0896 e. The molecule has 1 aromatic heterocycles. The predicted octanol–water partition coefficient (Wildman–Crippen LogP) is 3.30. The molecule has 1 aliphatic rings. The average molecular weight is 227 g/mol. The Morgan fingerprint density at radius 3 is 2.65 bits per heavy atom. The highest BCUT2D eigenvalue weighted by molar-refractivity contribution is 5.79. The van der Waals surface area contributed by atoms with E-state index in [1.54, 1.807) is 0 Å². The molecule has 1 aliphatic carbocycles. The van der Waals surface area contributed by atoms with Gasteiger partial charge in [-0.1, -0.05) is 25.0 Å². The van der Waals surface area contributed by atoms with Crippen molar-refractivity contribution in [2.75, 3.05) is 0 Å². The molecule has 2 nitrogen and oxygen atoms in total. The Kier molecular flexibility index (Phi) is 2.40. The molecule has 0 aliphatic heterocycles. The Bertz CT molecular complexity index is 556. The lowest BCUT2D eigenvalue weighted by Crippen LogP contribution is -2.20. The first kappa shape index (κ1) is 10.7. The van der Waals surface area contributed by atoms with Crippen molar-refractivity contribution < 1.29 is 5.11 Å². The summed E-state index contributed by atoms with van der Waals surface area (Å²) < 4.78 is 0.